The molecule has 0 aliphatic carbocycles. The average molecular weight is 557 g/mol. The van der Waals surface area contributed by atoms with Gasteiger partial charge in [-0.15, -0.1) is 0 Å². The van der Waals surface area contributed by atoms with E-state index in [0.717, 1.165) is 29.3 Å². The summed E-state index contributed by atoms with van der Waals surface area (Å²) in [6.45, 7) is 11.3. The Morgan fingerprint density at radius 3 is 2.33 bits per heavy atom. The summed E-state index contributed by atoms with van der Waals surface area (Å²) in [6, 6.07) is 11.4. The van der Waals surface area contributed by atoms with Gasteiger partial charge in [-0.2, -0.15) is 5.10 Å². The summed E-state index contributed by atoms with van der Waals surface area (Å²) < 4.78 is 35.3. The molecule has 1 amide bonds. The molecule has 0 aliphatic rings. The SMILES string of the molecule is CC(C)(C)OC(=O)N[C@@H](CCN[C@@H](c1nn(-c2cc(F)ccc2F)cc1Cc1ccccc1)C(C)(C)C)C(=O)O. The summed E-state index contributed by atoms with van der Waals surface area (Å²) >= 11 is 0. The van der Waals surface area contributed by atoms with E-state index >= 15 is 0 Å². The number of benzene rings is 2. The van der Waals surface area contributed by atoms with E-state index in [-0.39, 0.29) is 24.7 Å². The van der Waals surface area contributed by atoms with Crippen LogP contribution in [0.25, 0.3) is 5.69 Å². The fourth-order valence-electron chi connectivity index (χ4n) is 4.30. The van der Waals surface area contributed by atoms with E-state index in [1.807, 2.05) is 51.1 Å². The predicted octanol–water partition coefficient (Wildman–Crippen LogP) is 5.79. The molecule has 0 bridgehead atoms. The number of carbonyl (C=O) groups excluding carboxylic acids is 1. The number of hydrogen-bond acceptors (Lipinski definition) is 5. The Balaban J connectivity index is 1.91. The summed E-state index contributed by atoms with van der Waals surface area (Å²) in [5, 5.41) is 20.2. The van der Waals surface area contributed by atoms with Crippen molar-refractivity contribution in [3.05, 3.63) is 83.2 Å². The molecule has 1 aromatic heterocycles. The first-order chi connectivity index (χ1) is 18.6. The molecule has 216 valence electrons. The van der Waals surface area contributed by atoms with Gasteiger partial charge in [0.2, 0.25) is 0 Å². The van der Waals surface area contributed by atoms with E-state index in [1.54, 1.807) is 27.0 Å². The summed E-state index contributed by atoms with van der Waals surface area (Å²) in [5.74, 6) is -2.38. The molecule has 0 saturated carbocycles. The van der Waals surface area contributed by atoms with Crippen molar-refractivity contribution >= 4 is 12.1 Å². The van der Waals surface area contributed by atoms with E-state index < -0.39 is 40.8 Å². The van der Waals surface area contributed by atoms with Crippen LogP contribution in [-0.4, -0.2) is 45.1 Å². The monoisotopic (exact) mass is 556 g/mol. The Hall–Kier alpha value is -3.79. The lowest BCUT2D eigenvalue weighted by Gasteiger charge is -2.32. The molecule has 40 heavy (non-hydrogen) atoms. The lowest BCUT2D eigenvalue weighted by Crippen LogP contribution is -2.45. The zero-order valence-electron chi connectivity index (χ0n) is 23.8. The van der Waals surface area contributed by atoms with Crippen LogP contribution in [-0.2, 0) is 16.0 Å². The smallest absolute Gasteiger partial charge is 0.408 e. The van der Waals surface area contributed by atoms with Crippen LogP contribution in [0, 0.1) is 17.0 Å². The maximum absolute atomic E-state index is 14.7. The fourth-order valence-corrected chi connectivity index (χ4v) is 4.30. The third-order valence-corrected chi connectivity index (χ3v) is 6.12. The lowest BCUT2D eigenvalue weighted by atomic mass is 9.83. The fraction of sp³-hybridized carbons (Fsp3) is 0.433. The number of rotatable bonds is 10. The number of carboxylic acid groups (broad SMARTS) is 1. The first-order valence-electron chi connectivity index (χ1n) is 13.2. The van der Waals surface area contributed by atoms with Crippen molar-refractivity contribution < 1.29 is 28.2 Å². The molecule has 2 atom stereocenters. The summed E-state index contributed by atoms with van der Waals surface area (Å²) in [5.41, 5.74) is 1.28. The largest absolute Gasteiger partial charge is 0.480 e. The van der Waals surface area contributed by atoms with Crippen LogP contribution in [0.5, 0.6) is 0 Å². The van der Waals surface area contributed by atoms with Gasteiger partial charge in [0.05, 0.1) is 11.7 Å². The molecule has 1 heterocycles. The van der Waals surface area contributed by atoms with Gasteiger partial charge in [-0.1, -0.05) is 51.1 Å². The highest BCUT2D eigenvalue weighted by Gasteiger charge is 2.32. The number of nitrogens with one attached hydrogen (secondary N) is 2. The van der Waals surface area contributed by atoms with Gasteiger partial charge in [-0.05, 0) is 62.4 Å². The molecule has 3 N–H and O–H groups in total. The molecule has 0 fully saturated rings. The van der Waals surface area contributed by atoms with Gasteiger partial charge in [0.15, 0.2) is 0 Å². The topological polar surface area (TPSA) is 105 Å². The number of carbonyl (C=O) groups is 2. The van der Waals surface area contributed by atoms with Crippen LogP contribution in [0.2, 0.25) is 0 Å². The van der Waals surface area contributed by atoms with Crippen molar-refractivity contribution in [3.63, 3.8) is 0 Å². The van der Waals surface area contributed by atoms with Gasteiger partial charge >= 0.3 is 12.1 Å². The molecule has 3 rings (SSSR count). The number of amides is 1. The minimum Gasteiger partial charge on any atom is -0.480 e. The van der Waals surface area contributed by atoms with Crippen molar-refractivity contribution in [1.29, 1.82) is 0 Å². The molecular formula is C30H38F2N4O4. The van der Waals surface area contributed by atoms with E-state index in [4.69, 9.17) is 9.84 Å². The number of halogens is 2. The number of nitrogens with zero attached hydrogens (tertiary/aromatic N) is 2. The Labute approximate surface area is 233 Å². The minimum atomic E-state index is -1.18. The van der Waals surface area contributed by atoms with Gasteiger partial charge in [-0.3, -0.25) is 0 Å². The Morgan fingerprint density at radius 1 is 1.05 bits per heavy atom. The van der Waals surface area contributed by atoms with Crippen LogP contribution in [0.1, 0.15) is 70.8 Å². The summed E-state index contributed by atoms with van der Waals surface area (Å²) in [6.07, 6.45) is 1.46. The number of aromatic nitrogens is 2. The van der Waals surface area contributed by atoms with E-state index in [0.29, 0.717) is 12.1 Å². The molecule has 8 nitrogen and oxygen atoms in total. The molecule has 0 radical (unpaired) electrons. The van der Waals surface area contributed by atoms with Crippen molar-refractivity contribution in [2.24, 2.45) is 5.41 Å². The van der Waals surface area contributed by atoms with E-state index in [9.17, 15) is 23.5 Å². The Morgan fingerprint density at radius 2 is 1.73 bits per heavy atom. The maximum atomic E-state index is 14.7. The number of alkyl carbamates (subject to hydrolysis) is 1. The molecule has 2 aromatic carbocycles. The standard InChI is InChI=1S/C30H38F2N4O4/c1-29(2,3)26(33-15-14-23(27(37)38)34-28(39)40-30(4,5)6)25-20(16-19-10-8-7-9-11-19)18-36(35-25)24-17-21(31)12-13-22(24)32/h7-13,17-18,23,26,33H,14-16H2,1-6H3,(H,34,39)(H,37,38)/t23-,26-/m0/s1. The van der Waals surface area contributed by atoms with E-state index in [2.05, 4.69) is 10.6 Å². The molecule has 0 aliphatic heterocycles. The predicted molar refractivity (Wildman–Crippen MR) is 148 cm³/mol. The highest BCUT2D eigenvalue weighted by molar-refractivity contribution is 5.80. The minimum absolute atomic E-state index is 0.0132. The third-order valence-electron chi connectivity index (χ3n) is 6.12. The molecular weight excluding hydrogens is 518 g/mol. The number of ether oxygens (including phenoxy) is 1. The summed E-state index contributed by atoms with van der Waals surface area (Å²) in [4.78, 5) is 24.0. The van der Waals surface area contributed by atoms with Crippen LogP contribution in [0.3, 0.4) is 0 Å². The van der Waals surface area contributed by atoms with Gasteiger partial charge in [0, 0.05) is 18.7 Å². The molecule has 0 spiro atoms. The second kappa shape index (κ2) is 12.6. The van der Waals surface area contributed by atoms with Crippen LogP contribution < -0.4 is 10.6 Å². The second-order valence-electron chi connectivity index (χ2n) is 11.8. The van der Waals surface area contributed by atoms with Crippen LogP contribution >= 0.6 is 0 Å². The molecule has 3 aromatic rings. The van der Waals surface area contributed by atoms with Gasteiger partial charge in [0.1, 0.15) is 29.0 Å². The van der Waals surface area contributed by atoms with Crippen molar-refractivity contribution in [2.75, 3.05) is 6.54 Å². The normalized spacial score (nSPS) is 13.5. The first kappa shape index (κ1) is 30.7. The highest BCUT2D eigenvalue weighted by Crippen LogP contribution is 2.35. The summed E-state index contributed by atoms with van der Waals surface area (Å²) in [7, 11) is 0. The second-order valence-corrected chi connectivity index (χ2v) is 11.8. The Bertz CT molecular complexity index is 1310. The zero-order chi connectivity index (χ0) is 29.7. The van der Waals surface area contributed by atoms with Gasteiger partial charge < -0.3 is 20.5 Å². The highest BCUT2D eigenvalue weighted by atomic mass is 19.1. The van der Waals surface area contributed by atoms with Gasteiger partial charge in [-0.25, -0.2) is 23.1 Å². The molecule has 0 unspecified atom stereocenters. The van der Waals surface area contributed by atoms with Crippen molar-refractivity contribution in [3.8, 4) is 5.69 Å². The van der Waals surface area contributed by atoms with E-state index in [1.165, 1.54) is 4.68 Å². The lowest BCUT2D eigenvalue weighted by molar-refractivity contribution is -0.139. The number of carboxylic acids is 1. The quantitative estimate of drug-likeness (QED) is 0.292. The number of hydrogen-bond donors (Lipinski definition) is 3. The molecule has 10 heteroatoms. The first-order valence-corrected chi connectivity index (χ1v) is 13.2. The zero-order valence-corrected chi connectivity index (χ0v) is 23.8. The maximum Gasteiger partial charge on any atom is 0.408 e. The number of aliphatic carboxylic acids is 1. The molecule has 0 saturated heterocycles. The van der Waals surface area contributed by atoms with Crippen LogP contribution in [0.4, 0.5) is 13.6 Å². The van der Waals surface area contributed by atoms with Crippen molar-refractivity contribution in [1.82, 2.24) is 20.4 Å². The van der Waals surface area contributed by atoms with Crippen LogP contribution in [0.15, 0.2) is 54.7 Å². The van der Waals surface area contributed by atoms with Crippen molar-refractivity contribution in [2.45, 2.75) is 72.1 Å². The Kier molecular flexibility index (Phi) is 9.68. The van der Waals surface area contributed by atoms with Gasteiger partial charge in [0.25, 0.3) is 0 Å². The average Bonchev–Trinajstić information content (AvgIpc) is 3.23. The third kappa shape index (κ3) is 8.61.